The van der Waals surface area contributed by atoms with Gasteiger partial charge in [0.1, 0.15) is 18.0 Å². The van der Waals surface area contributed by atoms with Crippen LogP contribution < -0.4 is 10.1 Å². The van der Waals surface area contributed by atoms with Gasteiger partial charge < -0.3 is 19.9 Å². The molecule has 1 saturated heterocycles. The lowest BCUT2D eigenvalue weighted by molar-refractivity contribution is -0.120. The first kappa shape index (κ1) is 16.2. The standard InChI is InChI=1S/C17H24N2O4/c1-12(20)18-14-11-15(23-13-5-3-2-4-6-13)17(21)16(14)19-7-9-22-10-8-19/h2-6,14-17,21H,7-11H2,1H3,(H,18,20)/t14-,15-,16+,17+/m1/s1. The molecule has 2 fully saturated rings. The summed E-state index contributed by atoms with van der Waals surface area (Å²) in [5.41, 5.74) is 0. The monoisotopic (exact) mass is 320 g/mol. The Kier molecular flexibility index (Phi) is 5.15. The van der Waals surface area contributed by atoms with Crippen molar-refractivity contribution in [3.63, 3.8) is 0 Å². The Hall–Kier alpha value is -1.63. The zero-order valence-electron chi connectivity index (χ0n) is 13.4. The van der Waals surface area contributed by atoms with Gasteiger partial charge in [0.15, 0.2) is 0 Å². The molecule has 0 radical (unpaired) electrons. The number of carbonyl (C=O) groups excluding carboxylic acids is 1. The van der Waals surface area contributed by atoms with Crippen LogP contribution in [0.25, 0.3) is 0 Å². The molecule has 6 nitrogen and oxygen atoms in total. The molecule has 1 amide bonds. The van der Waals surface area contributed by atoms with E-state index in [-0.39, 0.29) is 24.1 Å². The number of nitrogens with one attached hydrogen (secondary N) is 1. The van der Waals surface area contributed by atoms with Crippen LogP contribution in [0, 0.1) is 0 Å². The Bertz CT molecular complexity index is 519. The minimum absolute atomic E-state index is 0.0826. The molecule has 1 aliphatic heterocycles. The first-order chi connectivity index (χ1) is 11.1. The maximum absolute atomic E-state index is 11.5. The Morgan fingerprint density at radius 1 is 1.30 bits per heavy atom. The average molecular weight is 320 g/mol. The molecule has 0 spiro atoms. The number of rotatable bonds is 4. The van der Waals surface area contributed by atoms with Crippen LogP contribution in [0.2, 0.25) is 0 Å². The van der Waals surface area contributed by atoms with Gasteiger partial charge in [-0.2, -0.15) is 0 Å². The van der Waals surface area contributed by atoms with Crippen LogP contribution >= 0.6 is 0 Å². The van der Waals surface area contributed by atoms with Crippen LogP contribution in [-0.2, 0) is 9.53 Å². The van der Waals surface area contributed by atoms with Gasteiger partial charge in [-0.15, -0.1) is 0 Å². The Balaban J connectivity index is 1.73. The summed E-state index contributed by atoms with van der Waals surface area (Å²) in [6.45, 7) is 4.33. The average Bonchev–Trinajstić information content (AvgIpc) is 2.84. The zero-order valence-corrected chi connectivity index (χ0v) is 13.4. The van der Waals surface area contributed by atoms with E-state index >= 15 is 0 Å². The van der Waals surface area contributed by atoms with E-state index in [1.165, 1.54) is 6.92 Å². The molecule has 6 heteroatoms. The molecule has 1 saturated carbocycles. The topological polar surface area (TPSA) is 71.0 Å². The molecule has 2 aliphatic rings. The summed E-state index contributed by atoms with van der Waals surface area (Å²) in [4.78, 5) is 13.7. The summed E-state index contributed by atoms with van der Waals surface area (Å²) >= 11 is 0. The number of para-hydroxylation sites is 1. The largest absolute Gasteiger partial charge is 0.488 e. The summed E-state index contributed by atoms with van der Waals surface area (Å²) in [6.07, 6.45) is -0.384. The van der Waals surface area contributed by atoms with Crippen molar-refractivity contribution in [2.45, 2.75) is 37.6 Å². The van der Waals surface area contributed by atoms with Gasteiger partial charge in [-0.25, -0.2) is 0 Å². The lowest BCUT2D eigenvalue weighted by atomic mass is 10.1. The third-order valence-electron chi connectivity index (χ3n) is 4.52. The van der Waals surface area contributed by atoms with Gasteiger partial charge in [-0.05, 0) is 12.1 Å². The number of amides is 1. The van der Waals surface area contributed by atoms with Crippen molar-refractivity contribution in [1.29, 1.82) is 0 Å². The highest BCUT2D eigenvalue weighted by molar-refractivity contribution is 5.73. The second-order valence-electron chi connectivity index (χ2n) is 6.14. The van der Waals surface area contributed by atoms with Gasteiger partial charge in [-0.1, -0.05) is 18.2 Å². The summed E-state index contributed by atoms with van der Waals surface area (Å²) < 4.78 is 11.4. The van der Waals surface area contributed by atoms with Crippen LogP contribution in [0.3, 0.4) is 0 Å². The maximum atomic E-state index is 11.5. The van der Waals surface area contributed by atoms with Gasteiger partial charge in [0.25, 0.3) is 0 Å². The van der Waals surface area contributed by atoms with E-state index in [9.17, 15) is 9.90 Å². The first-order valence-electron chi connectivity index (χ1n) is 8.14. The molecule has 4 atom stereocenters. The zero-order chi connectivity index (χ0) is 16.2. The quantitative estimate of drug-likeness (QED) is 0.840. The van der Waals surface area contributed by atoms with Gasteiger partial charge in [0.05, 0.1) is 25.3 Å². The van der Waals surface area contributed by atoms with Crippen molar-refractivity contribution in [2.75, 3.05) is 26.3 Å². The van der Waals surface area contributed by atoms with Crippen molar-refractivity contribution in [1.82, 2.24) is 10.2 Å². The van der Waals surface area contributed by atoms with E-state index in [1.54, 1.807) is 0 Å². The van der Waals surface area contributed by atoms with Crippen molar-refractivity contribution >= 4 is 5.91 Å². The number of benzene rings is 1. The van der Waals surface area contributed by atoms with Crippen LogP contribution in [-0.4, -0.2) is 66.5 Å². The van der Waals surface area contributed by atoms with E-state index < -0.39 is 6.10 Å². The van der Waals surface area contributed by atoms with Gasteiger partial charge in [0, 0.05) is 26.4 Å². The molecule has 23 heavy (non-hydrogen) atoms. The van der Waals surface area contributed by atoms with E-state index in [0.29, 0.717) is 19.6 Å². The Labute approximate surface area is 136 Å². The number of hydrogen-bond acceptors (Lipinski definition) is 5. The van der Waals surface area contributed by atoms with Crippen LogP contribution in [0.15, 0.2) is 30.3 Å². The third kappa shape index (κ3) is 3.83. The summed E-state index contributed by atoms with van der Waals surface area (Å²) in [5, 5.41) is 13.8. The molecule has 1 aromatic rings. The van der Waals surface area contributed by atoms with Crippen LogP contribution in [0.5, 0.6) is 5.75 Å². The summed E-state index contributed by atoms with van der Waals surface area (Å²) in [7, 11) is 0. The molecule has 1 aliphatic carbocycles. The van der Waals surface area contributed by atoms with Crippen molar-refractivity contribution in [3.05, 3.63) is 30.3 Å². The molecule has 1 aromatic carbocycles. The van der Waals surface area contributed by atoms with Gasteiger partial charge in [-0.3, -0.25) is 9.69 Å². The predicted molar refractivity (Wildman–Crippen MR) is 85.3 cm³/mol. The molecule has 3 rings (SSSR count). The molecular formula is C17H24N2O4. The number of hydrogen-bond donors (Lipinski definition) is 2. The van der Waals surface area contributed by atoms with E-state index in [0.717, 1.165) is 18.8 Å². The van der Waals surface area contributed by atoms with E-state index in [2.05, 4.69) is 10.2 Å². The smallest absolute Gasteiger partial charge is 0.217 e. The molecule has 126 valence electrons. The lowest BCUT2D eigenvalue weighted by Crippen LogP contribution is -2.56. The van der Waals surface area contributed by atoms with Crippen molar-refractivity contribution in [2.24, 2.45) is 0 Å². The molecule has 0 bridgehead atoms. The normalized spacial score (nSPS) is 31.7. The minimum Gasteiger partial charge on any atom is -0.488 e. The van der Waals surface area contributed by atoms with Crippen molar-refractivity contribution in [3.8, 4) is 5.75 Å². The molecule has 2 N–H and O–H groups in total. The third-order valence-corrected chi connectivity index (χ3v) is 4.52. The molecule has 1 heterocycles. The number of nitrogens with zero attached hydrogens (tertiary/aromatic N) is 1. The Morgan fingerprint density at radius 3 is 2.65 bits per heavy atom. The number of carbonyl (C=O) groups is 1. The van der Waals surface area contributed by atoms with E-state index in [1.807, 2.05) is 30.3 Å². The number of morpholine rings is 1. The van der Waals surface area contributed by atoms with Crippen molar-refractivity contribution < 1.29 is 19.4 Å². The summed E-state index contributed by atoms with van der Waals surface area (Å²) in [5.74, 6) is 0.654. The first-order valence-corrected chi connectivity index (χ1v) is 8.14. The maximum Gasteiger partial charge on any atom is 0.217 e. The van der Waals surface area contributed by atoms with E-state index in [4.69, 9.17) is 9.47 Å². The fourth-order valence-corrected chi connectivity index (χ4v) is 3.53. The number of ether oxygens (including phenoxy) is 2. The molecule has 0 unspecified atom stereocenters. The SMILES string of the molecule is CC(=O)N[C@@H]1C[C@@H](Oc2ccccc2)[C@H](O)[C@H]1N1CCOCC1. The van der Waals surface area contributed by atoms with Gasteiger partial charge >= 0.3 is 0 Å². The highest BCUT2D eigenvalue weighted by Crippen LogP contribution is 2.29. The van der Waals surface area contributed by atoms with Crippen LogP contribution in [0.1, 0.15) is 13.3 Å². The second-order valence-corrected chi connectivity index (χ2v) is 6.14. The number of aliphatic hydroxyl groups excluding tert-OH is 1. The Morgan fingerprint density at radius 2 is 2.00 bits per heavy atom. The minimum atomic E-state index is -0.648. The summed E-state index contributed by atoms with van der Waals surface area (Å²) in [6, 6.07) is 9.23. The lowest BCUT2D eigenvalue weighted by Gasteiger charge is -2.37. The highest BCUT2D eigenvalue weighted by Gasteiger charge is 2.47. The fraction of sp³-hybridized carbons (Fsp3) is 0.588. The van der Waals surface area contributed by atoms with Gasteiger partial charge in [0.2, 0.25) is 5.91 Å². The van der Waals surface area contributed by atoms with Crippen LogP contribution in [0.4, 0.5) is 0 Å². The molecular weight excluding hydrogens is 296 g/mol. The number of aliphatic hydroxyl groups is 1. The second kappa shape index (κ2) is 7.29. The molecule has 0 aromatic heterocycles. The predicted octanol–water partition coefficient (Wildman–Crippen LogP) is 0.404. The fourth-order valence-electron chi connectivity index (χ4n) is 3.53. The highest BCUT2D eigenvalue weighted by atomic mass is 16.5.